The number of amides is 2. The third kappa shape index (κ3) is 3.37. The highest BCUT2D eigenvalue weighted by Gasteiger charge is 2.48. The van der Waals surface area contributed by atoms with Crippen molar-refractivity contribution in [2.75, 3.05) is 20.1 Å². The Labute approximate surface area is 113 Å². The number of carbonyl (C=O) groups is 2. The van der Waals surface area contributed by atoms with E-state index in [2.05, 4.69) is 15.5 Å². The maximum Gasteiger partial charge on any atom is 0.329 e. The minimum absolute atomic E-state index is 0.0600. The van der Waals surface area contributed by atoms with Crippen molar-refractivity contribution >= 4 is 12.0 Å². The number of hydrogen-bond acceptors (Lipinski definition) is 3. The molecule has 0 aromatic rings. The second-order valence-corrected chi connectivity index (χ2v) is 5.98. The normalized spacial score (nSPS) is 27.4. The van der Waals surface area contributed by atoms with E-state index in [9.17, 15) is 14.7 Å². The third-order valence-electron chi connectivity index (χ3n) is 4.17. The summed E-state index contributed by atoms with van der Waals surface area (Å²) in [4.78, 5) is 25.5. The lowest BCUT2D eigenvalue weighted by atomic mass is 9.96. The summed E-state index contributed by atoms with van der Waals surface area (Å²) in [5.41, 5.74) is -1.13. The molecule has 0 bridgehead atoms. The van der Waals surface area contributed by atoms with Crippen LogP contribution >= 0.6 is 0 Å². The summed E-state index contributed by atoms with van der Waals surface area (Å²) in [6.45, 7) is 3.47. The van der Waals surface area contributed by atoms with Gasteiger partial charge in [-0.1, -0.05) is 0 Å². The molecule has 2 rings (SSSR count). The van der Waals surface area contributed by atoms with Crippen LogP contribution in [0.2, 0.25) is 0 Å². The van der Waals surface area contributed by atoms with Gasteiger partial charge in [0.1, 0.15) is 5.54 Å². The van der Waals surface area contributed by atoms with Crippen LogP contribution < -0.4 is 10.6 Å². The van der Waals surface area contributed by atoms with Gasteiger partial charge in [0.25, 0.3) is 0 Å². The van der Waals surface area contributed by atoms with E-state index in [0.29, 0.717) is 0 Å². The maximum atomic E-state index is 12.0. The van der Waals surface area contributed by atoms with Crippen LogP contribution in [0.5, 0.6) is 0 Å². The lowest BCUT2D eigenvalue weighted by molar-refractivity contribution is -0.144. The van der Waals surface area contributed by atoms with Crippen LogP contribution in [0.4, 0.5) is 4.79 Å². The Morgan fingerprint density at radius 1 is 1.32 bits per heavy atom. The first-order valence-electron chi connectivity index (χ1n) is 6.92. The topological polar surface area (TPSA) is 81.7 Å². The van der Waals surface area contributed by atoms with E-state index in [1.807, 2.05) is 7.05 Å². The van der Waals surface area contributed by atoms with Gasteiger partial charge in [-0.05, 0) is 52.1 Å². The van der Waals surface area contributed by atoms with Crippen molar-refractivity contribution in [3.05, 3.63) is 0 Å². The van der Waals surface area contributed by atoms with Gasteiger partial charge in [0, 0.05) is 12.6 Å². The number of carboxylic acids is 1. The first kappa shape index (κ1) is 14.1. The van der Waals surface area contributed by atoms with Crippen molar-refractivity contribution in [2.45, 2.75) is 44.2 Å². The van der Waals surface area contributed by atoms with E-state index >= 15 is 0 Å². The van der Waals surface area contributed by atoms with Gasteiger partial charge in [0.05, 0.1) is 0 Å². The number of likely N-dealkylation sites (tertiary alicyclic amines) is 1. The first-order valence-corrected chi connectivity index (χ1v) is 6.92. The number of urea groups is 1. The molecule has 19 heavy (non-hydrogen) atoms. The van der Waals surface area contributed by atoms with Gasteiger partial charge < -0.3 is 20.6 Å². The van der Waals surface area contributed by atoms with Crippen LogP contribution in [0.15, 0.2) is 0 Å². The van der Waals surface area contributed by atoms with E-state index < -0.39 is 11.5 Å². The molecule has 2 atom stereocenters. The van der Waals surface area contributed by atoms with Crippen LogP contribution in [0.25, 0.3) is 0 Å². The molecule has 1 saturated heterocycles. The molecule has 1 aliphatic carbocycles. The van der Waals surface area contributed by atoms with E-state index in [4.69, 9.17) is 0 Å². The zero-order chi connectivity index (χ0) is 14.0. The fraction of sp³-hybridized carbons (Fsp3) is 0.846. The summed E-state index contributed by atoms with van der Waals surface area (Å²) < 4.78 is 0. The third-order valence-corrected chi connectivity index (χ3v) is 4.17. The Morgan fingerprint density at radius 3 is 2.53 bits per heavy atom. The van der Waals surface area contributed by atoms with Crippen molar-refractivity contribution in [3.63, 3.8) is 0 Å². The Balaban J connectivity index is 1.87. The van der Waals surface area contributed by atoms with Crippen LogP contribution in [0, 0.1) is 5.92 Å². The molecule has 0 radical (unpaired) electrons. The van der Waals surface area contributed by atoms with Gasteiger partial charge in [-0.25, -0.2) is 9.59 Å². The molecule has 6 heteroatoms. The number of hydrogen-bond donors (Lipinski definition) is 3. The number of carbonyl (C=O) groups excluding carboxylic acids is 1. The van der Waals surface area contributed by atoms with Crippen LogP contribution in [-0.4, -0.2) is 53.7 Å². The molecule has 2 amide bonds. The molecule has 0 aromatic carbocycles. The van der Waals surface area contributed by atoms with Crippen LogP contribution in [0.3, 0.4) is 0 Å². The van der Waals surface area contributed by atoms with Crippen LogP contribution in [0.1, 0.15) is 32.6 Å². The van der Waals surface area contributed by atoms with Crippen molar-refractivity contribution < 1.29 is 14.7 Å². The highest BCUT2D eigenvalue weighted by Crippen LogP contribution is 2.39. The van der Waals surface area contributed by atoms with Gasteiger partial charge in [0.2, 0.25) is 0 Å². The lowest BCUT2D eigenvalue weighted by Gasteiger charge is -2.32. The molecular weight excluding hydrogens is 246 g/mol. The van der Waals surface area contributed by atoms with E-state index in [1.54, 1.807) is 6.92 Å². The van der Waals surface area contributed by atoms with Crippen molar-refractivity contribution in [1.29, 1.82) is 0 Å². The number of piperidine rings is 1. The fourth-order valence-corrected chi connectivity index (χ4v) is 2.73. The predicted octanol–water partition coefficient (Wildman–Crippen LogP) is 0.633. The summed E-state index contributed by atoms with van der Waals surface area (Å²) in [6.07, 6.45) is 3.75. The van der Waals surface area contributed by atoms with Gasteiger partial charge in [-0.2, -0.15) is 0 Å². The smallest absolute Gasteiger partial charge is 0.329 e. The van der Waals surface area contributed by atoms with Gasteiger partial charge in [-0.3, -0.25) is 0 Å². The van der Waals surface area contributed by atoms with Gasteiger partial charge in [0.15, 0.2) is 0 Å². The summed E-state index contributed by atoms with van der Waals surface area (Å²) in [7, 11) is 2.03. The summed E-state index contributed by atoms with van der Waals surface area (Å²) in [6, 6.07) is -0.256. The minimum Gasteiger partial charge on any atom is -0.480 e. The highest BCUT2D eigenvalue weighted by atomic mass is 16.4. The average molecular weight is 269 g/mol. The van der Waals surface area contributed by atoms with E-state index in [0.717, 1.165) is 38.8 Å². The van der Waals surface area contributed by atoms with Gasteiger partial charge >= 0.3 is 12.0 Å². The molecule has 2 fully saturated rings. The standard InChI is InChI=1S/C13H23N3O3/c1-13(11(17)18,9-5-6-9)15-12(19)14-10-4-3-7-16(2)8-10/h9-10H,3-8H2,1-2H3,(H,17,18)(H2,14,15,19). The minimum atomic E-state index is -1.13. The Morgan fingerprint density at radius 2 is 2.00 bits per heavy atom. The molecule has 1 saturated carbocycles. The maximum absolute atomic E-state index is 12.0. The first-order chi connectivity index (χ1) is 8.91. The monoisotopic (exact) mass is 269 g/mol. The van der Waals surface area contributed by atoms with E-state index in [-0.39, 0.29) is 18.0 Å². The molecule has 2 aliphatic rings. The number of carboxylic acid groups (broad SMARTS) is 1. The van der Waals surface area contributed by atoms with Crippen molar-refractivity contribution in [2.24, 2.45) is 5.92 Å². The summed E-state index contributed by atoms with van der Waals surface area (Å²) >= 11 is 0. The molecule has 6 nitrogen and oxygen atoms in total. The molecule has 1 aliphatic heterocycles. The Kier molecular flexibility index (Phi) is 3.99. The largest absolute Gasteiger partial charge is 0.480 e. The average Bonchev–Trinajstić information content (AvgIpc) is 3.12. The quantitative estimate of drug-likeness (QED) is 0.699. The second kappa shape index (κ2) is 5.36. The molecule has 1 heterocycles. The number of nitrogens with one attached hydrogen (secondary N) is 2. The molecule has 0 aromatic heterocycles. The Bertz CT molecular complexity index is 370. The van der Waals surface area contributed by atoms with E-state index in [1.165, 1.54) is 0 Å². The summed E-state index contributed by atoms with van der Waals surface area (Å²) in [5, 5.41) is 14.8. The second-order valence-electron chi connectivity index (χ2n) is 5.98. The molecule has 0 spiro atoms. The number of likely N-dealkylation sites (N-methyl/N-ethyl adjacent to an activating group) is 1. The zero-order valence-electron chi connectivity index (χ0n) is 11.6. The summed E-state index contributed by atoms with van der Waals surface area (Å²) in [5.74, 6) is -0.893. The highest BCUT2D eigenvalue weighted by molar-refractivity contribution is 5.86. The van der Waals surface area contributed by atoms with Gasteiger partial charge in [-0.15, -0.1) is 0 Å². The lowest BCUT2D eigenvalue weighted by Crippen LogP contribution is -2.59. The predicted molar refractivity (Wildman–Crippen MR) is 71.0 cm³/mol. The molecular formula is C13H23N3O3. The zero-order valence-corrected chi connectivity index (χ0v) is 11.6. The van der Waals surface area contributed by atoms with Crippen molar-refractivity contribution in [1.82, 2.24) is 15.5 Å². The SMILES string of the molecule is CN1CCCC(NC(=O)NC(C)(C(=O)O)C2CC2)C1. The number of aliphatic carboxylic acids is 1. The fourth-order valence-electron chi connectivity index (χ4n) is 2.73. The molecule has 108 valence electrons. The Hall–Kier alpha value is -1.30. The number of nitrogens with zero attached hydrogens (tertiary/aromatic N) is 1. The molecule has 3 N–H and O–H groups in total. The number of rotatable bonds is 4. The van der Waals surface area contributed by atoms with Crippen LogP contribution in [-0.2, 0) is 4.79 Å². The van der Waals surface area contributed by atoms with Crippen molar-refractivity contribution in [3.8, 4) is 0 Å². The molecule has 2 unspecified atom stereocenters.